The van der Waals surface area contributed by atoms with Crippen molar-refractivity contribution >= 4 is 11.4 Å². The third kappa shape index (κ3) is 2.71. The summed E-state index contributed by atoms with van der Waals surface area (Å²) in [6, 6.07) is 2.12. The van der Waals surface area contributed by atoms with E-state index in [9.17, 15) is 8.78 Å². The van der Waals surface area contributed by atoms with Crippen LogP contribution < -0.4 is 11.1 Å². The summed E-state index contributed by atoms with van der Waals surface area (Å²) in [5, 5.41) is 2.64. The third-order valence-corrected chi connectivity index (χ3v) is 2.35. The molecule has 0 bridgehead atoms. The first-order chi connectivity index (χ1) is 8.56. The minimum atomic E-state index is -0.729. The molecule has 4 nitrogen and oxygen atoms in total. The molecule has 0 amide bonds. The molecule has 18 heavy (non-hydrogen) atoms. The zero-order valence-corrected chi connectivity index (χ0v) is 9.74. The van der Waals surface area contributed by atoms with Gasteiger partial charge in [0.05, 0.1) is 24.1 Å². The maximum absolute atomic E-state index is 13.5. The van der Waals surface area contributed by atoms with Crippen molar-refractivity contribution < 1.29 is 8.78 Å². The number of nitrogens with two attached hydrogens (primary N) is 1. The molecular formula is C12H12F2N4. The lowest BCUT2D eigenvalue weighted by Gasteiger charge is -2.09. The number of aromatic nitrogens is 2. The van der Waals surface area contributed by atoms with Gasteiger partial charge in [-0.05, 0) is 19.1 Å². The van der Waals surface area contributed by atoms with Crippen LogP contribution in [0.5, 0.6) is 0 Å². The molecule has 94 valence electrons. The topological polar surface area (TPSA) is 63.8 Å². The molecule has 0 fully saturated rings. The van der Waals surface area contributed by atoms with Crippen molar-refractivity contribution in [2.24, 2.45) is 0 Å². The normalized spacial score (nSPS) is 10.4. The number of anilines is 2. The summed E-state index contributed by atoms with van der Waals surface area (Å²) in [7, 11) is 0. The van der Waals surface area contributed by atoms with Crippen molar-refractivity contribution in [2.75, 3.05) is 11.1 Å². The van der Waals surface area contributed by atoms with E-state index in [0.717, 1.165) is 17.8 Å². The molecule has 0 aliphatic rings. The fourth-order valence-corrected chi connectivity index (χ4v) is 1.45. The monoisotopic (exact) mass is 250 g/mol. The van der Waals surface area contributed by atoms with Crippen LogP contribution in [0.2, 0.25) is 0 Å². The molecule has 0 aliphatic carbocycles. The van der Waals surface area contributed by atoms with Gasteiger partial charge in [-0.3, -0.25) is 9.97 Å². The van der Waals surface area contributed by atoms with Crippen molar-refractivity contribution in [1.29, 1.82) is 0 Å². The lowest BCUT2D eigenvalue weighted by atomic mass is 10.2. The predicted octanol–water partition coefficient (Wildman–Crippen LogP) is 2.26. The Kier molecular flexibility index (Phi) is 3.36. The second-order valence-electron chi connectivity index (χ2n) is 3.86. The minimum absolute atomic E-state index is 0.0469. The number of halogens is 2. The highest BCUT2D eigenvalue weighted by Crippen LogP contribution is 2.22. The maximum Gasteiger partial charge on any atom is 0.151 e. The van der Waals surface area contributed by atoms with Gasteiger partial charge in [0.15, 0.2) is 11.6 Å². The maximum atomic E-state index is 13.5. The van der Waals surface area contributed by atoms with Crippen LogP contribution in [0.25, 0.3) is 0 Å². The van der Waals surface area contributed by atoms with Gasteiger partial charge < -0.3 is 11.1 Å². The molecular weight excluding hydrogens is 238 g/mol. The first kappa shape index (κ1) is 12.2. The van der Waals surface area contributed by atoms with Crippen LogP contribution in [0.15, 0.2) is 24.5 Å². The smallest absolute Gasteiger partial charge is 0.151 e. The van der Waals surface area contributed by atoms with Gasteiger partial charge in [-0.25, -0.2) is 8.78 Å². The Morgan fingerprint density at radius 2 is 1.83 bits per heavy atom. The molecule has 0 atom stereocenters. The van der Waals surface area contributed by atoms with E-state index in [1.54, 1.807) is 12.4 Å². The van der Waals surface area contributed by atoms with Crippen molar-refractivity contribution in [3.8, 4) is 0 Å². The molecule has 1 heterocycles. The second-order valence-corrected chi connectivity index (χ2v) is 3.86. The van der Waals surface area contributed by atoms with Gasteiger partial charge in [-0.1, -0.05) is 0 Å². The summed E-state index contributed by atoms with van der Waals surface area (Å²) in [5.41, 5.74) is 6.53. The van der Waals surface area contributed by atoms with Crippen molar-refractivity contribution in [2.45, 2.75) is 13.5 Å². The summed E-state index contributed by atoms with van der Waals surface area (Å²) in [6.45, 7) is 1.99. The number of hydrogen-bond acceptors (Lipinski definition) is 4. The van der Waals surface area contributed by atoms with Crippen LogP contribution in [0.1, 0.15) is 11.4 Å². The zero-order valence-electron chi connectivity index (χ0n) is 9.74. The molecule has 1 aromatic heterocycles. The molecule has 0 saturated heterocycles. The van der Waals surface area contributed by atoms with Crippen LogP contribution in [0, 0.1) is 18.6 Å². The Morgan fingerprint density at radius 3 is 2.39 bits per heavy atom. The van der Waals surface area contributed by atoms with E-state index >= 15 is 0 Å². The van der Waals surface area contributed by atoms with Crippen LogP contribution in [-0.2, 0) is 6.54 Å². The van der Waals surface area contributed by atoms with Crippen LogP contribution in [0.4, 0.5) is 20.2 Å². The molecule has 0 spiro atoms. The van der Waals surface area contributed by atoms with Gasteiger partial charge in [0.2, 0.25) is 0 Å². The van der Waals surface area contributed by atoms with E-state index in [2.05, 4.69) is 15.3 Å². The molecule has 1 aromatic carbocycles. The summed E-state index contributed by atoms with van der Waals surface area (Å²) >= 11 is 0. The number of hydrogen-bond donors (Lipinski definition) is 2. The Balaban J connectivity index is 2.13. The first-order valence-corrected chi connectivity index (χ1v) is 5.32. The van der Waals surface area contributed by atoms with Gasteiger partial charge >= 0.3 is 0 Å². The van der Waals surface area contributed by atoms with E-state index in [1.807, 2.05) is 6.92 Å². The number of nitrogen functional groups attached to an aromatic ring is 1. The molecule has 2 aromatic rings. The van der Waals surface area contributed by atoms with Crippen molar-refractivity contribution in [3.63, 3.8) is 0 Å². The summed E-state index contributed by atoms with van der Waals surface area (Å²) < 4.78 is 26.9. The highest BCUT2D eigenvalue weighted by molar-refractivity contribution is 5.54. The second kappa shape index (κ2) is 4.95. The van der Waals surface area contributed by atoms with E-state index < -0.39 is 11.6 Å². The van der Waals surface area contributed by atoms with Gasteiger partial charge in [0.1, 0.15) is 5.69 Å². The molecule has 0 aliphatic heterocycles. The molecule has 3 N–H and O–H groups in total. The van der Waals surface area contributed by atoms with E-state index in [0.29, 0.717) is 5.69 Å². The summed E-state index contributed by atoms with van der Waals surface area (Å²) in [6.07, 6.45) is 3.14. The van der Waals surface area contributed by atoms with E-state index in [1.165, 1.54) is 0 Å². The number of benzene rings is 1. The number of rotatable bonds is 3. The van der Waals surface area contributed by atoms with Crippen LogP contribution in [-0.4, -0.2) is 9.97 Å². The van der Waals surface area contributed by atoms with E-state index in [-0.39, 0.29) is 17.9 Å². The summed E-state index contributed by atoms with van der Waals surface area (Å²) in [4.78, 5) is 8.12. The Labute approximate surface area is 103 Å². The Hall–Kier alpha value is -2.24. The fourth-order valence-electron chi connectivity index (χ4n) is 1.45. The highest BCUT2D eigenvalue weighted by Gasteiger charge is 2.10. The standard InChI is InChI=1S/C12H12F2N4/c1-7-4-17-9(5-16-7)6-18-12-10(13)2-8(15)3-11(12)14/h2-5,18H,6,15H2,1H3. The minimum Gasteiger partial charge on any atom is -0.399 e. The number of nitrogens with zero attached hydrogens (tertiary/aromatic N) is 2. The predicted molar refractivity (Wildman–Crippen MR) is 64.9 cm³/mol. The van der Waals surface area contributed by atoms with Crippen LogP contribution in [0.3, 0.4) is 0 Å². The molecule has 0 saturated carbocycles. The fraction of sp³-hybridized carbons (Fsp3) is 0.167. The third-order valence-electron chi connectivity index (χ3n) is 2.35. The van der Waals surface area contributed by atoms with E-state index in [4.69, 9.17) is 5.73 Å². The van der Waals surface area contributed by atoms with Gasteiger partial charge in [-0.15, -0.1) is 0 Å². The summed E-state index contributed by atoms with van der Waals surface area (Å²) in [5.74, 6) is -1.46. The first-order valence-electron chi connectivity index (χ1n) is 5.32. The zero-order chi connectivity index (χ0) is 13.1. The van der Waals surface area contributed by atoms with Gasteiger partial charge in [0.25, 0.3) is 0 Å². The van der Waals surface area contributed by atoms with Crippen molar-refractivity contribution in [3.05, 3.63) is 47.5 Å². The average Bonchev–Trinajstić information content (AvgIpc) is 2.30. The molecule has 2 rings (SSSR count). The highest BCUT2D eigenvalue weighted by atomic mass is 19.1. The quantitative estimate of drug-likeness (QED) is 0.820. The average molecular weight is 250 g/mol. The van der Waals surface area contributed by atoms with Gasteiger partial charge in [-0.2, -0.15) is 0 Å². The molecule has 6 heteroatoms. The Morgan fingerprint density at radius 1 is 1.17 bits per heavy atom. The lowest BCUT2D eigenvalue weighted by Crippen LogP contribution is -2.06. The van der Waals surface area contributed by atoms with Crippen molar-refractivity contribution in [1.82, 2.24) is 9.97 Å². The number of aryl methyl sites for hydroxylation is 1. The Bertz CT molecular complexity index is 531. The van der Waals surface area contributed by atoms with Gasteiger partial charge in [0, 0.05) is 11.9 Å². The molecule has 0 radical (unpaired) electrons. The largest absolute Gasteiger partial charge is 0.399 e. The lowest BCUT2D eigenvalue weighted by molar-refractivity contribution is 0.589. The van der Waals surface area contributed by atoms with Crippen LogP contribution >= 0.6 is 0 Å². The SMILES string of the molecule is Cc1cnc(CNc2c(F)cc(N)cc2F)cn1. The molecule has 0 unspecified atom stereocenters. The number of nitrogens with one attached hydrogen (secondary N) is 1.